The first kappa shape index (κ1) is 10.9. The fraction of sp³-hybridized carbons (Fsp3) is 0.357. The SMILES string of the molecule is [NH3+]c1[nH+]c2c(s1)CCCCC2c1ccccc1. The quantitative estimate of drug-likeness (QED) is 0.750. The van der Waals surface area contributed by atoms with Crippen molar-refractivity contribution in [3.63, 3.8) is 0 Å². The molecule has 1 aromatic carbocycles. The number of quaternary nitrogens is 1. The highest BCUT2D eigenvalue weighted by Gasteiger charge is 2.30. The Hall–Kier alpha value is -1.19. The molecule has 1 aromatic heterocycles. The van der Waals surface area contributed by atoms with Crippen molar-refractivity contribution in [3.05, 3.63) is 46.5 Å². The summed E-state index contributed by atoms with van der Waals surface area (Å²) in [5.74, 6) is 0.542. The van der Waals surface area contributed by atoms with Gasteiger partial charge in [-0.05, 0) is 36.2 Å². The van der Waals surface area contributed by atoms with E-state index in [2.05, 4.69) is 41.0 Å². The van der Waals surface area contributed by atoms with Gasteiger partial charge in [0, 0.05) is 0 Å². The van der Waals surface area contributed by atoms with E-state index < -0.39 is 0 Å². The summed E-state index contributed by atoms with van der Waals surface area (Å²) >= 11 is 1.84. The van der Waals surface area contributed by atoms with E-state index in [4.69, 9.17) is 0 Å². The van der Waals surface area contributed by atoms with Gasteiger partial charge in [-0.1, -0.05) is 36.8 Å². The minimum absolute atomic E-state index is 0.542. The third-order valence-corrected chi connectivity index (χ3v) is 4.54. The van der Waals surface area contributed by atoms with Crippen molar-refractivity contribution in [1.82, 2.24) is 0 Å². The largest absolute Gasteiger partial charge is 0.423 e. The number of aryl methyl sites for hydroxylation is 1. The van der Waals surface area contributed by atoms with Crippen molar-refractivity contribution in [3.8, 4) is 0 Å². The molecule has 0 fully saturated rings. The maximum Gasteiger partial charge on any atom is 0.423 e. The normalized spacial score (nSPS) is 19.7. The summed E-state index contributed by atoms with van der Waals surface area (Å²) in [5.41, 5.74) is 6.90. The van der Waals surface area contributed by atoms with E-state index in [1.165, 1.54) is 41.8 Å². The molecule has 4 N–H and O–H groups in total. The fourth-order valence-corrected chi connectivity index (χ4v) is 3.72. The molecule has 0 saturated heterocycles. The number of nitrogens with one attached hydrogen (secondary N) is 1. The van der Waals surface area contributed by atoms with Gasteiger partial charge in [0.2, 0.25) is 5.69 Å². The van der Waals surface area contributed by atoms with Gasteiger partial charge < -0.3 is 0 Å². The number of hydrogen-bond acceptors (Lipinski definition) is 1. The lowest BCUT2D eigenvalue weighted by atomic mass is 9.92. The molecular weight excluding hydrogens is 228 g/mol. The first-order valence-electron chi connectivity index (χ1n) is 6.26. The van der Waals surface area contributed by atoms with Gasteiger partial charge in [-0.3, -0.25) is 5.73 Å². The summed E-state index contributed by atoms with van der Waals surface area (Å²) in [7, 11) is 0. The van der Waals surface area contributed by atoms with Crippen LogP contribution >= 0.6 is 11.3 Å². The van der Waals surface area contributed by atoms with E-state index in [0.717, 1.165) is 5.13 Å². The first-order valence-corrected chi connectivity index (χ1v) is 7.08. The Balaban J connectivity index is 2.05. The van der Waals surface area contributed by atoms with Gasteiger partial charge in [0.05, 0.1) is 10.8 Å². The van der Waals surface area contributed by atoms with Crippen LogP contribution in [0.15, 0.2) is 30.3 Å². The molecule has 0 aliphatic heterocycles. The van der Waals surface area contributed by atoms with Crippen LogP contribution in [0.3, 0.4) is 0 Å². The summed E-state index contributed by atoms with van der Waals surface area (Å²) < 4.78 is 0. The third-order valence-electron chi connectivity index (χ3n) is 3.52. The molecule has 1 aliphatic rings. The molecule has 0 amide bonds. The summed E-state index contributed by atoms with van der Waals surface area (Å²) in [4.78, 5) is 5.01. The van der Waals surface area contributed by atoms with Crippen molar-refractivity contribution >= 4 is 16.5 Å². The fourth-order valence-electron chi connectivity index (χ4n) is 2.71. The molecule has 17 heavy (non-hydrogen) atoms. The van der Waals surface area contributed by atoms with Crippen molar-refractivity contribution in [2.45, 2.75) is 31.6 Å². The number of H-pyrrole nitrogens is 1. The second kappa shape index (κ2) is 4.59. The number of fused-ring (bicyclic) bond motifs is 1. The van der Waals surface area contributed by atoms with Crippen LogP contribution in [-0.2, 0) is 6.42 Å². The topological polar surface area (TPSA) is 41.8 Å². The minimum Gasteiger partial charge on any atom is -0.259 e. The van der Waals surface area contributed by atoms with Gasteiger partial charge in [-0.15, -0.1) is 0 Å². The van der Waals surface area contributed by atoms with Crippen molar-refractivity contribution in [2.24, 2.45) is 0 Å². The average molecular weight is 246 g/mol. The highest BCUT2D eigenvalue weighted by molar-refractivity contribution is 7.14. The Morgan fingerprint density at radius 2 is 2.00 bits per heavy atom. The molecule has 3 rings (SSSR count). The molecule has 88 valence electrons. The second-order valence-electron chi connectivity index (χ2n) is 4.70. The van der Waals surface area contributed by atoms with E-state index in [0.29, 0.717) is 5.92 Å². The third kappa shape index (κ3) is 2.13. The molecule has 1 heterocycles. The van der Waals surface area contributed by atoms with Gasteiger partial charge in [-0.25, -0.2) is 0 Å². The summed E-state index contributed by atoms with van der Waals surface area (Å²) in [6.45, 7) is 0. The van der Waals surface area contributed by atoms with E-state index in [1.807, 2.05) is 11.3 Å². The van der Waals surface area contributed by atoms with Crippen molar-refractivity contribution in [2.75, 3.05) is 0 Å². The van der Waals surface area contributed by atoms with E-state index in [-0.39, 0.29) is 0 Å². The van der Waals surface area contributed by atoms with Gasteiger partial charge in [-0.2, -0.15) is 4.98 Å². The molecule has 1 atom stereocenters. The first-order chi connectivity index (χ1) is 8.34. The van der Waals surface area contributed by atoms with E-state index in [9.17, 15) is 0 Å². The standard InChI is InChI=1S/C14H16N2S/c15-14-16-13-11(10-6-2-1-3-7-10)8-4-5-9-12(13)17-14/h1-3,6-7,11H,4-5,8-9H2,(H2,15,16)/p+2. The van der Waals surface area contributed by atoms with Gasteiger partial charge in [0.15, 0.2) is 0 Å². The Morgan fingerprint density at radius 3 is 2.82 bits per heavy atom. The highest BCUT2D eigenvalue weighted by Crippen LogP contribution is 2.35. The summed E-state index contributed by atoms with van der Waals surface area (Å²) in [6.07, 6.45) is 5.10. The van der Waals surface area contributed by atoms with Gasteiger partial charge in [0.25, 0.3) is 0 Å². The van der Waals surface area contributed by atoms with Crippen LogP contribution < -0.4 is 10.7 Å². The van der Waals surface area contributed by atoms with Crippen LogP contribution in [0.5, 0.6) is 0 Å². The number of aromatic nitrogens is 1. The zero-order valence-electron chi connectivity index (χ0n) is 9.91. The number of rotatable bonds is 1. The van der Waals surface area contributed by atoms with Gasteiger partial charge in [0.1, 0.15) is 0 Å². The molecule has 1 aliphatic carbocycles. The average Bonchev–Trinajstić information content (AvgIpc) is 2.61. The molecule has 3 heteroatoms. The second-order valence-corrected chi connectivity index (χ2v) is 5.89. The van der Waals surface area contributed by atoms with E-state index >= 15 is 0 Å². The minimum atomic E-state index is 0.542. The summed E-state index contributed by atoms with van der Waals surface area (Å²) in [6, 6.07) is 10.8. The molecule has 1 unspecified atom stereocenters. The Bertz CT molecular complexity index is 504. The monoisotopic (exact) mass is 246 g/mol. The van der Waals surface area contributed by atoms with Crippen LogP contribution in [0.2, 0.25) is 0 Å². The Kier molecular flexibility index (Phi) is 2.95. The molecule has 0 radical (unpaired) electrons. The lowest BCUT2D eigenvalue weighted by Crippen LogP contribution is -2.45. The number of benzene rings is 1. The van der Waals surface area contributed by atoms with Gasteiger partial charge >= 0.3 is 5.13 Å². The Labute approximate surface area is 106 Å². The molecule has 0 saturated carbocycles. The predicted octanol–water partition coefficient (Wildman–Crippen LogP) is 2.29. The van der Waals surface area contributed by atoms with E-state index in [1.54, 1.807) is 0 Å². The molecule has 2 aromatic rings. The molecule has 0 bridgehead atoms. The Morgan fingerprint density at radius 1 is 1.18 bits per heavy atom. The number of thiazole rings is 1. The maximum absolute atomic E-state index is 4.05. The zero-order valence-corrected chi connectivity index (χ0v) is 10.7. The lowest BCUT2D eigenvalue weighted by Gasteiger charge is -2.10. The van der Waals surface area contributed by atoms with Crippen molar-refractivity contribution < 1.29 is 10.7 Å². The smallest absolute Gasteiger partial charge is 0.259 e. The molecule has 0 spiro atoms. The highest BCUT2D eigenvalue weighted by atomic mass is 32.1. The number of hydrogen-bond donors (Lipinski definition) is 1. The number of aromatic amines is 1. The predicted molar refractivity (Wildman–Crippen MR) is 69.3 cm³/mol. The molecule has 2 nitrogen and oxygen atoms in total. The zero-order chi connectivity index (χ0) is 11.7. The van der Waals surface area contributed by atoms with Crippen molar-refractivity contribution in [1.29, 1.82) is 0 Å². The molecular formula is C14H18N2S+2. The van der Waals surface area contributed by atoms with Crippen LogP contribution in [0.1, 0.15) is 41.3 Å². The maximum atomic E-state index is 4.05. The lowest BCUT2D eigenvalue weighted by molar-refractivity contribution is -0.476. The summed E-state index contributed by atoms with van der Waals surface area (Å²) in [5, 5.41) is 1.10. The van der Waals surface area contributed by atoms with Crippen LogP contribution in [-0.4, -0.2) is 0 Å². The van der Waals surface area contributed by atoms with Crippen LogP contribution in [0.4, 0.5) is 5.13 Å². The van der Waals surface area contributed by atoms with Crippen LogP contribution in [0, 0.1) is 0 Å². The van der Waals surface area contributed by atoms with Crippen LogP contribution in [0.25, 0.3) is 0 Å².